The lowest BCUT2D eigenvalue weighted by atomic mass is 10.0. The highest BCUT2D eigenvalue weighted by Gasteiger charge is 2.31. The van der Waals surface area contributed by atoms with Crippen LogP contribution in [0.5, 0.6) is 5.75 Å². The maximum Gasteiger partial charge on any atom is 0.416 e. The van der Waals surface area contributed by atoms with Gasteiger partial charge in [0.05, 0.1) is 11.1 Å². The molecule has 3 nitrogen and oxygen atoms in total. The Balaban J connectivity index is 2.20. The predicted molar refractivity (Wildman–Crippen MR) is 74.5 cm³/mol. The maximum absolute atomic E-state index is 13.2. The first-order valence-corrected chi connectivity index (χ1v) is 6.40. The van der Waals surface area contributed by atoms with Gasteiger partial charge in [-0.2, -0.15) is 13.2 Å². The van der Waals surface area contributed by atoms with E-state index >= 15 is 0 Å². The van der Waals surface area contributed by atoms with Crippen LogP contribution in [0, 0.1) is 5.82 Å². The molecule has 0 spiro atoms. The number of fused-ring (bicyclic) bond motifs is 1. The summed E-state index contributed by atoms with van der Waals surface area (Å²) in [5, 5.41) is 10.1. The highest BCUT2D eigenvalue weighted by Crippen LogP contribution is 2.36. The Morgan fingerprint density at radius 3 is 2.35 bits per heavy atom. The summed E-state index contributed by atoms with van der Waals surface area (Å²) >= 11 is 0. The summed E-state index contributed by atoms with van der Waals surface area (Å²) in [5.41, 5.74) is -2.05. The highest BCUT2D eigenvalue weighted by atomic mass is 19.4. The Kier molecular flexibility index (Phi) is 3.35. The summed E-state index contributed by atoms with van der Waals surface area (Å²) in [6, 6.07) is 6.98. The zero-order chi connectivity index (χ0) is 16.8. The zero-order valence-corrected chi connectivity index (χ0v) is 11.3. The van der Waals surface area contributed by atoms with E-state index in [0.29, 0.717) is 6.07 Å². The van der Waals surface area contributed by atoms with Crippen molar-refractivity contribution in [2.24, 2.45) is 0 Å². The molecule has 0 unspecified atom stereocenters. The molecule has 0 fully saturated rings. The number of alkyl halides is 3. The molecule has 23 heavy (non-hydrogen) atoms. The summed E-state index contributed by atoms with van der Waals surface area (Å²) in [6.45, 7) is 0. The molecule has 0 amide bonds. The van der Waals surface area contributed by atoms with Crippen molar-refractivity contribution in [2.45, 2.75) is 6.18 Å². The van der Waals surface area contributed by atoms with Crippen molar-refractivity contribution in [3.05, 3.63) is 64.3 Å². The molecule has 2 aromatic carbocycles. The van der Waals surface area contributed by atoms with Crippen LogP contribution in [0.15, 0.2) is 51.7 Å². The molecule has 0 saturated heterocycles. The summed E-state index contributed by atoms with van der Waals surface area (Å²) in [5.74, 6) is -1.28. The molecule has 0 aliphatic rings. The van der Waals surface area contributed by atoms with E-state index in [0.717, 1.165) is 24.3 Å². The Morgan fingerprint density at radius 1 is 0.957 bits per heavy atom. The van der Waals surface area contributed by atoms with Crippen LogP contribution in [0.25, 0.3) is 22.1 Å². The van der Waals surface area contributed by atoms with Gasteiger partial charge in [-0.15, -0.1) is 0 Å². The minimum absolute atomic E-state index is 0.127. The molecule has 1 N–H and O–H groups in total. The molecule has 0 saturated carbocycles. The topological polar surface area (TPSA) is 50.4 Å². The van der Waals surface area contributed by atoms with Crippen LogP contribution in [-0.2, 0) is 6.18 Å². The molecule has 0 aliphatic carbocycles. The van der Waals surface area contributed by atoms with Crippen LogP contribution in [0.2, 0.25) is 0 Å². The number of benzene rings is 2. The Hall–Kier alpha value is -2.83. The lowest BCUT2D eigenvalue weighted by Gasteiger charge is -2.10. The van der Waals surface area contributed by atoms with E-state index in [1.807, 2.05) is 0 Å². The number of rotatable bonds is 1. The number of aromatic hydroxyl groups is 1. The molecule has 3 aromatic rings. The van der Waals surface area contributed by atoms with Crippen LogP contribution in [0.4, 0.5) is 17.6 Å². The number of phenols is 1. The second-order valence-corrected chi connectivity index (χ2v) is 4.86. The number of hydrogen-bond acceptors (Lipinski definition) is 3. The first kappa shape index (κ1) is 15.1. The fourth-order valence-corrected chi connectivity index (χ4v) is 2.22. The van der Waals surface area contributed by atoms with E-state index < -0.39 is 28.9 Å². The molecular weight excluding hydrogens is 316 g/mol. The number of phenolic OH excluding ortho intramolecular Hbond substituents is 1. The zero-order valence-electron chi connectivity index (χ0n) is 11.3. The van der Waals surface area contributed by atoms with Crippen molar-refractivity contribution in [1.82, 2.24) is 0 Å². The van der Waals surface area contributed by atoms with Crippen LogP contribution in [-0.4, -0.2) is 5.11 Å². The lowest BCUT2D eigenvalue weighted by molar-refractivity contribution is -0.137. The molecule has 1 heterocycles. The summed E-state index contributed by atoms with van der Waals surface area (Å²) in [6.07, 6.45) is -4.62. The summed E-state index contributed by atoms with van der Waals surface area (Å²) < 4.78 is 56.0. The third-order valence-corrected chi connectivity index (χ3v) is 3.31. The normalized spacial score (nSPS) is 11.8. The third-order valence-electron chi connectivity index (χ3n) is 3.31. The van der Waals surface area contributed by atoms with Crippen molar-refractivity contribution in [2.75, 3.05) is 0 Å². The van der Waals surface area contributed by atoms with Gasteiger partial charge in [-0.05, 0) is 42.5 Å². The van der Waals surface area contributed by atoms with E-state index in [1.54, 1.807) is 0 Å². The van der Waals surface area contributed by atoms with E-state index in [9.17, 15) is 27.5 Å². The molecule has 3 rings (SSSR count). The van der Waals surface area contributed by atoms with Crippen molar-refractivity contribution in [1.29, 1.82) is 0 Å². The highest BCUT2D eigenvalue weighted by molar-refractivity contribution is 5.83. The SMILES string of the molecule is O=c1oc2ccc(F)cc2cc1-c1ccc(C(F)(F)F)cc1O. The van der Waals surface area contributed by atoms with Gasteiger partial charge in [-0.3, -0.25) is 0 Å². The molecule has 7 heteroatoms. The van der Waals surface area contributed by atoms with Crippen LogP contribution >= 0.6 is 0 Å². The average Bonchev–Trinajstić information content (AvgIpc) is 2.46. The fraction of sp³-hybridized carbons (Fsp3) is 0.0625. The molecule has 0 bridgehead atoms. The molecule has 118 valence electrons. The standard InChI is InChI=1S/C16H8F4O3/c17-10-2-4-14-8(5-10)6-12(15(22)23-14)11-3-1-9(7-13(11)21)16(18,19)20/h1-7,21H. The van der Waals surface area contributed by atoms with E-state index in [4.69, 9.17) is 4.42 Å². The van der Waals surface area contributed by atoms with Crippen molar-refractivity contribution < 1.29 is 27.1 Å². The first-order valence-electron chi connectivity index (χ1n) is 6.40. The largest absolute Gasteiger partial charge is 0.507 e. The Labute approximate surface area is 126 Å². The first-order chi connectivity index (χ1) is 10.8. The minimum Gasteiger partial charge on any atom is -0.507 e. The molecule has 0 radical (unpaired) electrons. The molecule has 0 aliphatic heterocycles. The van der Waals surface area contributed by atoms with Crippen LogP contribution < -0.4 is 5.63 Å². The molecule has 1 aromatic heterocycles. The van der Waals surface area contributed by atoms with Gasteiger partial charge >= 0.3 is 11.8 Å². The Bertz CT molecular complexity index is 958. The van der Waals surface area contributed by atoms with E-state index in [2.05, 4.69) is 0 Å². The average molecular weight is 324 g/mol. The second kappa shape index (κ2) is 5.12. The molecular formula is C16H8F4O3. The monoisotopic (exact) mass is 324 g/mol. The Morgan fingerprint density at radius 2 is 1.70 bits per heavy atom. The van der Waals surface area contributed by atoms with Gasteiger partial charge in [0.1, 0.15) is 17.1 Å². The lowest BCUT2D eigenvalue weighted by Crippen LogP contribution is -2.06. The van der Waals surface area contributed by atoms with Crippen molar-refractivity contribution in [3.63, 3.8) is 0 Å². The van der Waals surface area contributed by atoms with Gasteiger partial charge in [0.15, 0.2) is 0 Å². The van der Waals surface area contributed by atoms with Gasteiger partial charge in [-0.1, -0.05) is 0 Å². The van der Waals surface area contributed by atoms with Gasteiger partial charge in [0, 0.05) is 10.9 Å². The van der Waals surface area contributed by atoms with Gasteiger partial charge in [-0.25, -0.2) is 9.18 Å². The van der Waals surface area contributed by atoms with Crippen LogP contribution in [0.3, 0.4) is 0 Å². The smallest absolute Gasteiger partial charge is 0.416 e. The summed E-state index contributed by atoms with van der Waals surface area (Å²) in [4.78, 5) is 12.0. The van der Waals surface area contributed by atoms with Crippen molar-refractivity contribution in [3.8, 4) is 16.9 Å². The van der Waals surface area contributed by atoms with E-state index in [-0.39, 0.29) is 22.1 Å². The number of halogens is 4. The fourth-order valence-electron chi connectivity index (χ4n) is 2.22. The van der Waals surface area contributed by atoms with E-state index in [1.165, 1.54) is 12.1 Å². The summed E-state index contributed by atoms with van der Waals surface area (Å²) in [7, 11) is 0. The predicted octanol–water partition coefficient (Wildman–Crippen LogP) is 4.32. The second-order valence-electron chi connectivity index (χ2n) is 4.86. The number of hydrogen-bond donors (Lipinski definition) is 1. The third kappa shape index (κ3) is 2.77. The van der Waals surface area contributed by atoms with Gasteiger partial charge < -0.3 is 9.52 Å². The van der Waals surface area contributed by atoms with Gasteiger partial charge in [0.2, 0.25) is 0 Å². The maximum atomic E-state index is 13.2. The van der Waals surface area contributed by atoms with Crippen LogP contribution in [0.1, 0.15) is 5.56 Å². The quantitative estimate of drug-likeness (QED) is 0.535. The minimum atomic E-state index is -4.62. The van der Waals surface area contributed by atoms with Crippen molar-refractivity contribution >= 4 is 11.0 Å². The van der Waals surface area contributed by atoms with Gasteiger partial charge in [0.25, 0.3) is 0 Å². The molecule has 0 atom stereocenters.